The first-order valence-corrected chi connectivity index (χ1v) is 16.3. The average Bonchev–Trinajstić information content (AvgIpc) is 2.83. The summed E-state index contributed by atoms with van der Waals surface area (Å²) in [5, 5.41) is 0. The highest BCUT2D eigenvalue weighted by Gasteiger charge is 2.00. The lowest BCUT2D eigenvalue weighted by Gasteiger charge is -2.09. The molecule has 34 heavy (non-hydrogen) atoms. The van der Waals surface area contributed by atoms with Gasteiger partial charge in [-0.2, -0.15) is 0 Å². The van der Waals surface area contributed by atoms with Gasteiger partial charge in [-0.05, 0) is 19.4 Å². The predicted molar refractivity (Wildman–Crippen MR) is 157 cm³/mol. The molecule has 4 N–H and O–H groups in total. The fraction of sp³-hybridized carbons (Fsp3) is 1.00. The summed E-state index contributed by atoms with van der Waals surface area (Å²) in [6.45, 7) is 3.04. The minimum absolute atomic E-state index is 0.337. The third-order valence-electron chi connectivity index (χ3n) is 7.72. The van der Waals surface area contributed by atoms with Crippen LogP contribution in [-0.4, -0.2) is 12.6 Å². The van der Waals surface area contributed by atoms with E-state index in [4.69, 9.17) is 11.5 Å². The molecule has 0 spiro atoms. The second-order valence-electron chi connectivity index (χ2n) is 11.3. The van der Waals surface area contributed by atoms with E-state index in [9.17, 15) is 0 Å². The van der Waals surface area contributed by atoms with Crippen molar-refractivity contribution in [2.75, 3.05) is 6.54 Å². The molecule has 0 rings (SSSR count). The molecule has 0 aromatic rings. The van der Waals surface area contributed by atoms with Crippen LogP contribution in [0.15, 0.2) is 0 Å². The van der Waals surface area contributed by atoms with Crippen LogP contribution in [0.2, 0.25) is 0 Å². The Morgan fingerprint density at radius 2 is 0.588 bits per heavy atom. The number of unbranched alkanes of at least 4 members (excludes halogenated alkanes) is 26. The van der Waals surface area contributed by atoms with Gasteiger partial charge in [0.15, 0.2) is 0 Å². The van der Waals surface area contributed by atoms with Crippen LogP contribution in [-0.2, 0) is 0 Å². The Bertz CT molecular complexity index is 344. The van der Waals surface area contributed by atoms with Crippen molar-refractivity contribution in [3.63, 3.8) is 0 Å². The summed E-state index contributed by atoms with van der Waals surface area (Å²) in [6, 6.07) is 0.337. The van der Waals surface area contributed by atoms with E-state index in [1.807, 2.05) is 0 Å². The van der Waals surface area contributed by atoms with Gasteiger partial charge in [0.1, 0.15) is 0 Å². The van der Waals surface area contributed by atoms with Crippen molar-refractivity contribution < 1.29 is 0 Å². The van der Waals surface area contributed by atoms with Crippen LogP contribution in [0.4, 0.5) is 0 Å². The molecule has 1 unspecified atom stereocenters. The van der Waals surface area contributed by atoms with Gasteiger partial charge in [0.2, 0.25) is 0 Å². The van der Waals surface area contributed by atoms with Gasteiger partial charge in [0.25, 0.3) is 0 Å². The fourth-order valence-corrected chi connectivity index (χ4v) is 5.26. The molecule has 0 heterocycles. The highest BCUT2D eigenvalue weighted by molar-refractivity contribution is 4.61. The molecule has 0 bridgehead atoms. The summed E-state index contributed by atoms with van der Waals surface area (Å²) in [5.74, 6) is 0. The summed E-state index contributed by atoms with van der Waals surface area (Å²) in [6.07, 6.45) is 41.4. The molecule has 0 amide bonds. The highest BCUT2D eigenvalue weighted by atomic mass is 14.6. The van der Waals surface area contributed by atoms with Crippen LogP contribution in [0.3, 0.4) is 0 Å². The summed E-state index contributed by atoms with van der Waals surface area (Å²) in [4.78, 5) is 0. The maximum atomic E-state index is 6.01. The van der Waals surface area contributed by atoms with E-state index in [-0.39, 0.29) is 0 Å². The summed E-state index contributed by atoms with van der Waals surface area (Å²) in [5.41, 5.74) is 11.6. The molecule has 0 aromatic heterocycles. The minimum Gasteiger partial charge on any atom is -0.330 e. The zero-order chi connectivity index (χ0) is 24.8. The number of rotatable bonds is 30. The monoisotopic (exact) mass is 481 g/mol. The van der Waals surface area contributed by atoms with Crippen molar-refractivity contribution in [3.8, 4) is 0 Å². The van der Waals surface area contributed by atoms with Crippen molar-refractivity contribution in [1.29, 1.82) is 0 Å². The maximum Gasteiger partial charge on any atom is 0.00508 e. The normalized spacial score (nSPS) is 12.4. The van der Waals surface area contributed by atoms with E-state index in [0.29, 0.717) is 6.04 Å². The Labute approximate surface area is 217 Å². The molecule has 0 fully saturated rings. The van der Waals surface area contributed by atoms with Crippen LogP contribution in [0.5, 0.6) is 0 Å². The fourth-order valence-electron chi connectivity index (χ4n) is 5.26. The summed E-state index contributed by atoms with van der Waals surface area (Å²) < 4.78 is 0. The van der Waals surface area contributed by atoms with E-state index < -0.39 is 0 Å². The molecule has 0 radical (unpaired) electrons. The van der Waals surface area contributed by atoms with Crippen LogP contribution in [0.1, 0.15) is 193 Å². The van der Waals surface area contributed by atoms with Gasteiger partial charge in [0.05, 0.1) is 0 Å². The molecule has 0 aliphatic heterocycles. The third kappa shape index (κ3) is 30.0. The van der Waals surface area contributed by atoms with E-state index in [2.05, 4.69) is 6.92 Å². The van der Waals surface area contributed by atoms with Gasteiger partial charge < -0.3 is 11.5 Å². The molecule has 0 aliphatic rings. The molecular formula is C32H68N2. The first-order valence-electron chi connectivity index (χ1n) is 16.3. The quantitative estimate of drug-likeness (QED) is 0.100. The Morgan fingerprint density at radius 1 is 0.353 bits per heavy atom. The second kappa shape index (κ2) is 31.0. The summed E-state index contributed by atoms with van der Waals surface area (Å²) >= 11 is 0. The summed E-state index contributed by atoms with van der Waals surface area (Å²) in [7, 11) is 0. The van der Waals surface area contributed by atoms with Gasteiger partial charge in [-0.3, -0.25) is 0 Å². The first kappa shape index (κ1) is 33.9. The molecule has 0 saturated carbocycles. The van der Waals surface area contributed by atoms with Crippen molar-refractivity contribution in [3.05, 3.63) is 0 Å². The smallest absolute Gasteiger partial charge is 0.00508 e. The van der Waals surface area contributed by atoms with Crippen molar-refractivity contribution in [2.24, 2.45) is 11.5 Å². The predicted octanol–water partition coefficient (Wildman–Crippen LogP) is 10.6. The van der Waals surface area contributed by atoms with Gasteiger partial charge in [-0.15, -0.1) is 0 Å². The molecular weight excluding hydrogens is 412 g/mol. The van der Waals surface area contributed by atoms with Gasteiger partial charge in [-0.1, -0.05) is 180 Å². The molecule has 0 aromatic carbocycles. The van der Waals surface area contributed by atoms with Crippen LogP contribution in [0.25, 0.3) is 0 Å². The van der Waals surface area contributed by atoms with Gasteiger partial charge >= 0.3 is 0 Å². The zero-order valence-electron chi connectivity index (χ0n) is 23.9. The number of nitrogens with two attached hydrogens (primary N) is 2. The number of hydrogen-bond donors (Lipinski definition) is 2. The van der Waals surface area contributed by atoms with Crippen LogP contribution < -0.4 is 11.5 Å². The van der Waals surface area contributed by atoms with Gasteiger partial charge in [-0.25, -0.2) is 0 Å². The van der Waals surface area contributed by atoms with Crippen LogP contribution in [0, 0.1) is 0 Å². The average molecular weight is 481 g/mol. The molecule has 0 aliphatic carbocycles. The second-order valence-corrected chi connectivity index (χ2v) is 11.3. The van der Waals surface area contributed by atoms with E-state index in [0.717, 1.165) is 19.4 Å². The third-order valence-corrected chi connectivity index (χ3v) is 7.72. The van der Waals surface area contributed by atoms with Crippen molar-refractivity contribution >= 4 is 0 Å². The zero-order valence-corrected chi connectivity index (χ0v) is 23.9. The SMILES string of the molecule is CCCCCCCCCCCCCCCCCCCCCCCCCCCCCC(N)CCN. The lowest BCUT2D eigenvalue weighted by atomic mass is 10.0. The Balaban J connectivity index is 3.03. The Morgan fingerprint density at radius 3 is 0.824 bits per heavy atom. The highest BCUT2D eigenvalue weighted by Crippen LogP contribution is 2.16. The Kier molecular flexibility index (Phi) is 30.9. The lowest BCUT2D eigenvalue weighted by molar-refractivity contribution is 0.502. The van der Waals surface area contributed by atoms with E-state index in [1.165, 1.54) is 173 Å². The lowest BCUT2D eigenvalue weighted by Crippen LogP contribution is -2.23. The molecule has 2 nitrogen and oxygen atoms in total. The molecule has 0 saturated heterocycles. The topological polar surface area (TPSA) is 52.0 Å². The van der Waals surface area contributed by atoms with E-state index in [1.54, 1.807) is 0 Å². The van der Waals surface area contributed by atoms with Crippen molar-refractivity contribution in [2.45, 2.75) is 199 Å². The first-order chi connectivity index (χ1) is 16.8. The van der Waals surface area contributed by atoms with E-state index >= 15 is 0 Å². The molecule has 206 valence electrons. The number of hydrogen-bond acceptors (Lipinski definition) is 2. The minimum atomic E-state index is 0.337. The van der Waals surface area contributed by atoms with Crippen LogP contribution >= 0.6 is 0 Å². The maximum absolute atomic E-state index is 6.01. The Hall–Kier alpha value is -0.0800. The molecule has 1 atom stereocenters. The standard InChI is InChI=1S/C32H68N2/c1-2-3-4-5-6-7-8-9-10-11-12-13-14-15-16-17-18-19-20-21-22-23-24-25-26-27-28-29-32(34)30-31-33/h32H,2-31,33-34H2,1H3. The largest absolute Gasteiger partial charge is 0.330 e. The van der Waals surface area contributed by atoms with Gasteiger partial charge in [0, 0.05) is 6.04 Å². The molecule has 2 heteroatoms. The van der Waals surface area contributed by atoms with Crippen molar-refractivity contribution in [1.82, 2.24) is 0 Å².